The minimum absolute atomic E-state index is 0.0356. The molecule has 0 fully saturated rings. The van der Waals surface area contributed by atoms with Gasteiger partial charge in [-0.1, -0.05) is 24.3 Å². The van der Waals surface area contributed by atoms with E-state index >= 15 is 0 Å². The fourth-order valence-electron chi connectivity index (χ4n) is 1.62. The van der Waals surface area contributed by atoms with Crippen molar-refractivity contribution in [2.75, 3.05) is 5.73 Å². The average molecular weight is 290 g/mol. The van der Waals surface area contributed by atoms with Crippen LogP contribution >= 0.6 is 0 Å². The standard InChI is InChI=1S/C14H14N2O3S/c1-10-7-8-11(9-13(10)15)14(17)16-20(18,19)12-5-3-2-4-6-12/h2-9H,15H2,1H3,(H,16,17). The number of hydrogen-bond donors (Lipinski definition) is 2. The molecule has 20 heavy (non-hydrogen) atoms. The summed E-state index contributed by atoms with van der Waals surface area (Å²) in [4.78, 5) is 12.0. The van der Waals surface area contributed by atoms with Crippen molar-refractivity contribution in [3.8, 4) is 0 Å². The zero-order valence-corrected chi connectivity index (χ0v) is 11.6. The van der Waals surface area contributed by atoms with Crippen molar-refractivity contribution in [2.45, 2.75) is 11.8 Å². The number of nitrogens with one attached hydrogen (secondary N) is 1. The van der Waals surface area contributed by atoms with Gasteiger partial charge in [0.05, 0.1) is 4.90 Å². The van der Waals surface area contributed by atoms with Crippen molar-refractivity contribution in [3.63, 3.8) is 0 Å². The third-order valence-corrected chi connectivity index (χ3v) is 4.17. The van der Waals surface area contributed by atoms with Crippen LogP contribution in [0, 0.1) is 6.92 Å². The molecule has 3 N–H and O–H groups in total. The van der Waals surface area contributed by atoms with Crippen molar-refractivity contribution >= 4 is 21.6 Å². The lowest BCUT2D eigenvalue weighted by atomic mass is 10.1. The van der Waals surface area contributed by atoms with Gasteiger partial charge in [0.1, 0.15) is 0 Å². The second-order valence-electron chi connectivity index (χ2n) is 4.32. The fourth-order valence-corrected chi connectivity index (χ4v) is 2.62. The lowest BCUT2D eigenvalue weighted by Crippen LogP contribution is -2.30. The summed E-state index contributed by atoms with van der Waals surface area (Å²) in [6.07, 6.45) is 0. The quantitative estimate of drug-likeness (QED) is 0.842. The second kappa shape index (κ2) is 5.34. The van der Waals surface area contributed by atoms with Gasteiger partial charge in [-0.15, -0.1) is 0 Å². The number of amides is 1. The number of nitrogen functional groups attached to an aromatic ring is 1. The summed E-state index contributed by atoms with van der Waals surface area (Å²) >= 11 is 0. The van der Waals surface area contributed by atoms with Crippen LogP contribution in [-0.2, 0) is 10.0 Å². The average Bonchev–Trinajstić information content (AvgIpc) is 2.42. The highest BCUT2D eigenvalue weighted by atomic mass is 32.2. The van der Waals surface area contributed by atoms with E-state index in [1.165, 1.54) is 24.3 Å². The van der Waals surface area contributed by atoms with Crippen LogP contribution in [-0.4, -0.2) is 14.3 Å². The number of carbonyl (C=O) groups excluding carboxylic acids is 1. The Hall–Kier alpha value is -2.34. The summed E-state index contributed by atoms with van der Waals surface area (Å²) < 4.78 is 26.0. The number of nitrogens with two attached hydrogens (primary N) is 1. The molecule has 2 aromatic carbocycles. The van der Waals surface area contributed by atoms with Crippen molar-refractivity contribution in [3.05, 3.63) is 59.7 Å². The predicted molar refractivity (Wildman–Crippen MR) is 76.7 cm³/mol. The molecule has 6 heteroatoms. The molecule has 0 aliphatic heterocycles. The van der Waals surface area contributed by atoms with Gasteiger partial charge in [-0.2, -0.15) is 0 Å². The second-order valence-corrected chi connectivity index (χ2v) is 6.00. The summed E-state index contributed by atoms with van der Waals surface area (Å²) in [6.45, 7) is 1.80. The molecule has 0 saturated carbocycles. The molecule has 0 aliphatic carbocycles. The van der Waals surface area contributed by atoms with Crippen LogP contribution in [0.25, 0.3) is 0 Å². The highest BCUT2D eigenvalue weighted by Crippen LogP contribution is 2.14. The molecule has 1 amide bonds. The minimum atomic E-state index is -3.87. The normalized spacial score (nSPS) is 11.1. The van der Waals surface area contributed by atoms with Crippen molar-refractivity contribution in [1.29, 1.82) is 0 Å². The Bertz CT molecular complexity index is 740. The zero-order chi connectivity index (χ0) is 14.8. The van der Waals surface area contributed by atoms with E-state index in [1.807, 2.05) is 4.72 Å². The van der Waals surface area contributed by atoms with Gasteiger partial charge in [0.2, 0.25) is 0 Å². The first-order valence-electron chi connectivity index (χ1n) is 5.88. The van der Waals surface area contributed by atoms with E-state index < -0.39 is 15.9 Å². The van der Waals surface area contributed by atoms with E-state index in [0.717, 1.165) is 5.56 Å². The number of carbonyl (C=O) groups is 1. The maximum atomic E-state index is 12.0. The monoisotopic (exact) mass is 290 g/mol. The van der Waals surface area contributed by atoms with E-state index in [4.69, 9.17) is 5.73 Å². The zero-order valence-electron chi connectivity index (χ0n) is 10.8. The molecule has 0 unspecified atom stereocenters. The molecule has 5 nitrogen and oxygen atoms in total. The first-order chi connectivity index (χ1) is 9.40. The van der Waals surface area contributed by atoms with Gasteiger partial charge >= 0.3 is 0 Å². The van der Waals surface area contributed by atoms with E-state index in [-0.39, 0.29) is 10.5 Å². The Morgan fingerprint density at radius 3 is 2.35 bits per heavy atom. The first-order valence-corrected chi connectivity index (χ1v) is 7.37. The number of anilines is 1. The number of benzene rings is 2. The van der Waals surface area contributed by atoms with E-state index in [2.05, 4.69) is 0 Å². The number of aryl methyl sites for hydroxylation is 1. The number of rotatable bonds is 3. The van der Waals surface area contributed by atoms with Gasteiger partial charge in [-0.25, -0.2) is 13.1 Å². The third kappa shape index (κ3) is 2.97. The largest absolute Gasteiger partial charge is 0.398 e. The SMILES string of the molecule is Cc1ccc(C(=O)NS(=O)(=O)c2ccccc2)cc1N. The molecule has 0 radical (unpaired) electrons. The molecule has 2 aromatic rings. The molecular formula is C14H14N2O3S. The van der Waals surface area contributed by atoms with Gasteiger partial charge in [0.25, 0.3) is 15.9 Å². The molecule has 0 saturated heterocycles. The maximum Gasteiger partial charge on any atom is 0.265 e. The van der Waals surface area contributed by atoms with Gasteiger partial charge < -0.3 is 5.73 Å². The molecule has 0 bridgehead atoms. The molecule has 0 aliphatic rings. The highest BCUT2D eigenvalue weighted by molar-refractivity contribution is 7.90. The highest BCUT2D eigenvalue weighted by Gasteiger charge is 2.18. The van der Waals surface area contributed by atoms with Crippen LogP contribution in [0.3, 0.4) is 0 Å². The Balaban J connectivity index is 2.25. The van der Waals surface area contributed by atoms with Crippen molar-refractivity contribution in [1.82, 2.24) is 4.72 Å². The van der Waals surface area contributed by atoms with E-state index in [1.54, 1.807) is 31.2 Å². The van der Waals surface area contributed by atoms with Crippen LogP contribution in [0.15, 0.2) is 53.4 Å². The van der Waals surface area contributed by atoms with Crippen LogP contribution < -0.4 is 10.5 Å². The topological polar surface area (TPSA) is 89.3 Å². The van der Waals surface area contributed by atoms with E-state index in [9.17, 15) is 13.2 Å². The lowest BCUT2D eigenvalue weighted by molar-refractivity contribution is 0.0981. The van der Waals surface area contributed by atoms with Crippen LogP contribution in [0.4, 0.5) is 5.69 Å². The summed E-state index contributed by atoms with van der Waals surface area (Å²) in [6, 6.07) is 12.3. The summed E-state index contributed by atoms with van der Waals surface area (Å²) in [5, 5.41) is 0. The number of sulfonamides is 1. The minimum Gasteiger partial charge on any atom is -0.398 e. The Kier molecular flexibility index (Phi) is 3.76. The molecule has 2 rings (SSSR count). The Labute approximate surface area is 117 Å². The summed E-state index contributed by atoms with van der Waals surface area (Å²) in [5.74, 6) is -0.708. The van der Waals surface area contributed by atoms with Crippen LogP contribution in [0.2, 0.25) is 0 Å². The number of hydrogen-bond acceptors (Lipinski definition) is 4. The van der Waals surface area contributed by atoms with Gasteiger partial charge in [-0.3, -0.25) is 4.79 Å². The Morgan fingerprint density at radius 1 is 1.10 bits per heavy atom. The summed E-state index contributed by atoms with van der Waals surface area (Å²) in [7, 11) is -3.87. The summed E-state index contributed by atoms with van der Waals surface area (Å²) in [5.41, 5.74) is 7.17. The van der Waals surface area contributed by atoms with Gasteiger partial charge in [0.15, 0.2) is 0 Å². The van der Waals surface area contributed by atoms with Crippen molar-refractivity contribution < 1.29 is 13.2 Å². The van der Waals surface area contributed by atoms with Gasteiger partial charge in [-0.05, 0) is 36.8 Å². The van der Waals surface area contributed by atoms with Crippen LogP contribution in [0.5, 0.6) is 0 Å². The Morgan fingerprint density at radius 2 is 1.75 bits per heavy atom. The van der Waals surface area contributed by atoms with E-state index in [0.29, 0.717) is 5.69 Å². The molecule has 0 aromatic heterocycles. The molecule has 0 atom stereocenters. The molecular weight excluding hydrogens is 276 g/mol. The molecule has 0 spiro atoms. The fraction of sp³-hybridized carbons (Fsp3) is 0.0714. The lowest BCUT2D eigenvalue weighted by Gasteiger charge is -2.08. The predicted octanol–water partition coefficient (Wildman–Crippen LogP) is 1.70. The van der Waals surface area contributed by atoms with Crippen molar-refractivity contribution in [2.24, 2.45) is 0 Å². The first kappa shape index (κ1) is 14.1. The maximum absolute atomic E-state index is 12.0. The third-order valence-electron chi connectivity index (χ3n) is 2.82. The van der Waals surface area contributed by atoms with Crippen LogP contribution in [0.1, 0.15) is 15.9 Å². The van der Waals surface area contributed by atoms with Gasteiger partial charge in [0, 0.05) is 11.3 Å². The molecule has 104 valence electrons. The smallest absolute Gasteiger partial charge is 0.265 e. The molecule has 0 heterocycles.